The molecule has 138 valence electrons. The molecule has 7 heteroatoms. The molecule has 1 N–H and O–H groups in total. The average Bonchev–Trinajstić information content (AvgIpc) is 3.24. The highest BCUT2D eigenvalue weighted by Gasteiger charge is 2.25. The van der Waals surface area contributed by atoms with Gasteiger partial charge in [-0.2, -0.15) is 5.10 Å². The van der Waals surface area contributed by atoms with Crippen LogP contribution in [-0.4, -0.2) is 59.3 Å². The molecule has 2 aromatic heterocycles. The van der Waals surface area contributed by atoms with Crippen LogP contribution in [0.3, 0.4) is 0 Å². The van der Waals surface area contributed by atoms with Gasteiger partial charge in [-0.25, -0.2) is 0 Å². The normalized spacial score (nSPS) is 14.3. The first kappa shape index (κ1) is 17.1. The fourth-order valence-electron chi connectivity index (χ4n) is 3.31. The molecule has 0 spiro atoms. The second-order valence-electron chi connectivity index (χ2n) is 6.36. The van der Waals surface area contributed by atoms with E-state index in [0.717, 1.165) is 35.8 Å². The molecule has 0 unspecified atom stereocenters. The first-order valence-corrected chi connectivity index (χ1v) is 8.89. The van der Waals surface area contributed by atoms with Gasteiger partial charge >= 0.3 is 0 Å². The Balaban J connectivity index is 1.43. The lowest BCUT2D eigenvalue weighted by Gasteiger charge is -2.36. The van der Waals surface area contributed by atoms with Crippen LogP contribution in [0.2, 0.25) is 0 Å². The smallest absolute Gasteiger partial charge is 0.272 e. The summed E-state index contributed by atoms with van der Waals surface area (Å²) in [6, 6.07) is 13.5. The molecule has 4 rings (SSSR count). The van der Waals surface area contributed by atoms with Gasteiger partial charge in [0.25, 0.3) is 5.91 Å². The molecule has 3 aromatic rings. The largest absolute Gasteiger partial charge is 0.495 e. The number of piperazine rings is 1. The minimum Gasteiger partial charge on any atom is -0.495 e. The van der Waals surface area contributed by atoms with E-state index in [2.05, 4.69) is 20.1 Å². The number of nitrogens with zero attached hydrogens (tertiary/aromatic N) is 4. The van der Waals surface area contributed by atoms with Gasteiger partial charge in [-0.3, -0.25) is 14.9 Å². The number of methoxy groups -OCH3 is 1. The van der Waals surface area contributed by atoms with Gasteiger partial charge in [0.05, 0.1) is 18.5 Å². The molecular formula is C20H21N5O2. The molecule has 3 heterocycles. The number of ether oxygens (including phenoxy) is 1. The number of rotatable bonds is 4. The van der Waals surface area contributed by atoms with E-state index in [9.17, 15) is 4.79 Å². The number of amides is 1. The Hall–Kier alpha value is -3.35. The van der Waals surface area contributed by atoms with Crippen molar-refractivity contribution in [1.29, 1.82) is 0 Å². The topological polar surface area (TPSA) is 74.3 Å². The molecule has 1 saturated heterocycles. The number of H-pyrrole nitrogens is 1. The Kier molecular flexibility index (Phi) is 4.74. The SMILES string of the molecule is COc1ccccc1N1CCN(C(=O)c2cc(-c3cccnc3)n[nH]2)CC1. The lowest BCUT2D eigenvalue weighted by molar-refractivity contribution is 0.0740. The molecule has 0 radical (unpaired) electrons. The van der Waals surface area contributed by atoms with E-state index in [1.165, 1.54) is 0 Å². The second-order valence-corrected chi connectivity index (χ2v) is 6.36. The zero-order valence-electron chi connectivity index (χ0n) is 15.1. The van der Waals surface area contributed by atoms with E-state index in [4.69, 9.17) is 4.74 Å². The highest BCUT2D eigenvalue weighted by Crippen LogP contribution is 2.28. The standard InChI is InChI=1S/C20H21N5O2/c1-27-19-7-3-2-6-18(19)24-9-11-25(12-10-24)20(26)17-13-16(22-23-17)15-5-4-8-21-14-15/h2-8,13-14H,9-12H2,1H3,(H,22,23). The Morgan fingerprint density at radius 3 is 2.67 bits per heavy atom. The van der Waals surface area contributed by atoms with Crippen LogP contribution in [0.5, 0.6) is 5.75 Å². The van der Waals surface area contributed by atoms with Crippen molar-refractivity contribution in [2.24, 2.45) is 0 Å². The monoisotopic (exact) mass is 363 g/mol. The van der Waals surface area contributed by atoms with Crippen molar-refractivity contribution < 1.29 is 9.53 Å². The maximum atomic E-state index is 12.8. The fourth-order valence-corrected chi connectivity index (χ4v) is 3.31. The Morgan fingerprint density at radius 2 is 1.93 bits per heavy atom. The third-order valence-electron chi connectivity index (χ3n) is 4.76. The van der Waals surface area contributed by atoms with Crippen LogP contribution in [0, 0.1) is 0 Å². The predicted octanol–water partition coefficient (Wildman–Crippen LogP) is 2.44. The zero-order valence-corrected chi connectivity index (χ0v) is 15.1. The van der Waals surface area contributed by atoms with Crippen molar-refractivity contribution >= 4 is 11.6 Å². The van der Waals surface area contributed by atoms with Gasteiger partial charge in [0.2, 0.25) is 0 Å². The maximum absolute atomic E-state index is 12.8. The summed E-state index contributed by atoms with van der Waals surface area (Å²) in [4.78, 5) is 21.0. The maximum Gasteiger partial charge on any atom is 0.272 e. The van der Waals surface area contributed by atoms with Crippen molar-refractivity contribution in [3.63, 3.8) is 0 Å². The summed E-state index contributed by atoms with van der Waals surface area (Å²) < 4.78 is 5.45. The van der Waals surface area contributed by atoms with Gasteiger partial charge in [0.1, 0.15) is 11.4 Å². The summed E-state index contributed by atoms with van der Waals surface area (Å²) in [5, 5.41) is 7.11. The van der Waals surface area contributed by atoms with Crippen LogP contribution in [0.25, 0.3) is 11.3 Å². The molecule has 0 aliphatic carbocycles. The predicted molar refractivity (Wildman–Crippen MR) is 103 cm³/mol. The number of hydrogen-bond acceptors (Lipinski definition) is 5. The summed E-state index contributed by atoms with van der Waals surface area (Å²) in [6.07, 6.45) is 3.44. The molecule has 1 amide bonds. The van der Waals surface area contributed by atoms with E-state index >= 15 is 0 Å². The highest BCUT2D eigenvalue weighted by molar-refractivity contribution is 5.93. The molecule has 1 aliphatic heterocycles. The van der Waals surface area contributed by atoms with Gasteiger partial charge in [-0.05, 0) is 30.3 Å². The Bertz CT molecular complexity index is 917. The summed E-state index contributed by atoms with van der Waals surface area (Å²) in [6.45, 7) is 2.82. The molecule has 27 heavy (non-hydrogen) atoms. The molecule has 0 bridgehead atoms. The first-order chi connectivity index (χ1) is 13.3. The van der Waals surface area contributed by atoms with Crippen LogP contribution < -0.4 is 9.64 Å². The van der Waals surface area contributed by atoms with E-state index < -0.39 is 0 Å². The third kappa shape index (κ3) is 3.48. The van der Waals surface area contributed by atoms with Gasteiger partial charge in [-0.15, -0.1) is 0 Å². The minimum absolute atomic E-state index is 0.0303. The quantitative estimate of drug-likeness (QED) is 0.771. The number of benzene rings is 1. The first-order valence-electron chi connectivity index (χ1n) is 8.89. The number of hydrogen-bond donors (Lipinski definition) is 1. The third-order valence-corrected chi connectivity index (χ3v) is 4.76. The van der Waals surface area contributed by atoms with Crippen LogP contribution in [0.15, 0.2) is 54.9 Å². The number of anilines is 1. The van der Waals surface area contributed by atoms with E-state index in [-0.39, 0.29) is 5.91 Å². The van der Waals surface area contributed by atoms with Gasteiger partial charge in [0, 0.05) is 44.1 Å². The van der Waals surface area contributed by atoms with Crippen molar-refractivity contribution in [2.45, 2.75) is 0 Å². The van der Waals surface area contributed by atoms with Crippen molar-refractivity contribution in [2.75, 3.05) is 38.2 Å². The second kappa shape index (κ2) is 7.49. The van der Waals surface area contributed by atoms with Crippen LogP contribution in [0.4, 0.5) is 5.69 Å². The molecule has 0 saturated carbocycles. The molecule has 1 aromatic carbocycles. The van der Waals surface area contributed by atoms with Gasteiger partial charge < -0.3 is 14.5 Å². The van der Waals surface area contributed by atoms with E-state index in [1.807, 2.05) is 41.3 Å². The average molecular weight is 363 g/mol. The van der Waals surface area contributed by atoms with E-state index in [1.54, 1.807) is 25.6 Å². The Labute approximate surface area is 157 Å². The van der Waals surface area contributed by atoms with Gasteiger partial charge in [0.15, 0.2) is 0 Å². The number of aromatic nitrogens is 3. The summed E-state index contributed by atoms with van der Waals surface area (Å²) >= 11 is 0. The van der Waals surface area contributed by atoms with Crippen LogP contribution >= 0.6 is 0 Å². The van der Waals surface area contributed by atoms with Crippen molar-refractivity contribution in [1.82, 2.24) is 20.1 Å². The van der Waals surface area contributed by atoms with Crippen molar-refractivity contribution in [3.05, 3.63) is 60.6 Å². The molecule has 0 atom stereocenters. The molecule has 1 fully saturated rings. The number of carbonyl (C=O) groups is 1. The van der Waals surface area contributed by atoms with Gasteiger partial charge in [-0.1, -0.05) is 12.1 Å². The molecule has 7 nitrogen and oxygen atoms in total. The lowest BCUT2D eigenvalue weighted by Crippen LogP contribution is -2.49. The summed E-state index contributed by atoms with van der Waals surface area (Å²) in [5.41, 5.74) is 3.17. The lowest BCUT2D eigenvalue weighted by atomic mass is 10.2. The number of carbonyl (C=O) groups excluding carboxylic acids is 1. The molecular weight excluding hydrogens is 342 g/mol. The van der Waals surface area contributed by atoms with Crippen LogP contribution in [-0.2, 0) is 0 Å². The summed E-state index contributed by atoms with van der Waals surface area (Å²) in [7, 11) is 1.68. The number of para-hydroxylation sites is 2. The van der Waals surface area contributed by atoms with Crippen molar-refractivity contribution in [3.8, 4) is 17.0 Å². The summed E-state index contributed by atoms with van der Waals surface area (Å²) in [5.74, 6) is 0.823. The zero-order chi connectivity index (χ0) is 18.6. The number of aromatic amines is 1. The minimum atomic E-state index is -0.0303. The van der Waals surface area contributed by atoms with E-state index in [0.29, 0.717) is 18.8 Å². The number of pyridine rings is 1. The molecule has 1 aliphatic rings. The highest BCUT2D eigenvalue weighted by atomic mass is 16.5. The number of nitrogens with one attached hydrogen (secondary N) is 1. The van der Waals surface area contributed by atoms with Crippen LogP contribution in [0.1, 0.15) is 10.5 Å². The Morgan fingerprint density at radius 1 is 1.11 bits per heavy atom. The fraction of sp³-hybridized carbons (Fsp3) is 0.250.